The molecule has 0 aromatic heterocycles. The van der Waals surface area contributed by atoms with Crippen molar-refractivity contribution in [1.82, 2.24) is 10.0 Å². The summed E-state index contributed by atoms with van der Waals surface area (Å²) >= 11 is 0. The summed E-state index contributed by atoms with van der Waals surface area (Å²) in [7, 11) is -3.36. The van der Waals surface area contributed by atoms with Crippen LogP contribution in [0.3, 0.4) is 0 Å². The summed E-state index contributed by atoms with van der Waals surface area (Å²) < 4.78 is 26.4. The average molecular weight is 403 g/mol. The van der Waals surface area contributed by atoms with E-state index in [0.717, 1.165) is 5.56 Å². The van der Waals surface area contributed by atoms with Gasteiger partial charge in [0.15, 0.2) is 5.78 Å². The van der Waals surface area contributed by atoms with Gasteiger partial charge in [-0.3, -0.25) is 9.59 Å². The molecule has 0 atom stereocenters. The number of hydrogen-bond donors (Lipinski definition) is 2. The number of Topliss-reactive ketones (excluding diaryl/α,β-unsaturated/α-hetero) is 1. The van der Waals surface area contributed by atoms with Gasteiger partial charge in [0.1, 0.15) is 0 Å². The summed E-state index contributed by atoms with van der Waals surface area (Å²) in [4.78, 5) is 24.0. The van der Waals surface area contributed by atoms with Crippen molar-refractivity contribution in [2.75, 3.05) is 0 Å². The lowest BCUT2D eigenvalue weighted by Gasteiger charge is -2.10. The van der Waals surface area contributed by atoms with Crippen LogP contribution in [0, 0.1) is 0 Å². The van der Waals surface area contributed by atoms with E-state index in [1.54, 1.807) is 62.4 Å². The Morgan fingerprint density at radius 1 is 0.893 bits per heavy atom. The molecule has 28 heavy (non-hydrogen) atoms. The van der Waals surface area contributed by atoms with Crippen LogP contribution < -0.4 is 10.0 Å². The van der Waals surface area contributed by atoms with E-state index in [1.165, 1.54) is 0 Å². The monoisotopic (exact) mass is 402 g/mol. The van der Waals surface area contributed by atoms with Crippen LogP contribution in [0.25, 0.3) is 0 Å². The van der Waals surface area contributed by atoms with Crippen molar-refractivity contribution in [3.8, 4) is 0 Å². The van der Waals surface area contributed by atoms with Gasteiger partial charge in [-0.05, 0) is 25.0 Å². The molecule has 6 nitrogen and oxygen atoms in total. The van der Waals surface area contributed by atoms with Crippen molar-refractivity contribution in [2.45, 2.75) is 45.0 Å². The van der Waals surface area contributed by atoms with E-state index in [0.29, 0.717) is 17.7 Å². The summed E-state index contributed by atoms with van der Waals surface area (Å²) in [5.41, 5.74) is 2.14. The predicted molar refractivity (Wildman–Crippen MR) is 109 cm³/mol. The molecule has 0 unspecified atom stereocenters. The summed E-state index contributed by atoms with van der Waals surface area (Å²) in [5.74, 6) is -0.340. The number of nitrogens with one attached hydrogen (secondary N) is 2. The highest BCUT2D eigenvalue weighted by molar-refractivity contribution is 7.88. The van der Waals surface area contributed by atoms with Crippen LogP contribution in [0.1, 0.15) is 48.2 Å². The van der Waals surface area contributed by atoms with Gasteiger partial charge in [-0.15, -0.1) is 0 Å². The molecule has 0 spiro atoms. The molecule has 0 aliphatic rings. The third-order valence-corrected chi connectivity index (χ3v) is 5.50. The fourth-order valence-corrected chi connectivity index (χ4v) is 4.09. The van der Waals surface area contributed by atoms with E-state index < -0.39 is 10.0 Å². The molecule has 2 rings (SSSR count). The van der Waals surface area contributed by atoms with Gasteiger partial charge in [-0.1, -0.05) is 54.6 Å². The van der Waals surface area contributed by atoms with Crippen LogP contribution in [-0.2, 0) is 27.1 Å². The Balaban J connectivity index is 1.78. The number of benzene rings is 2. The number of carbonyl (C=O) groups is 2. The van der Waals surface area contributed by atoms with Crippen molar-refractivity contribution in [2.24, 2.45) is 0 Å². The Morgan fingerprint density at radius 3 is 2.11 bits per heavy atom. The number of hydrogen-bond acceptors (Lipinski definition) is 4. The van der Waals surface area contributed by atoms with Gasteiger partial charge in [0, 0.05) is 31.0 Å². The molecule has 0 fully saturated rings. The Labute approximate surface area is 166 Å². The van der Waals surface area contributed by atoms with E-state index in [1.807, 2.05) is 6.07 Å². The van der Waals surface area contributed by atoms with Crippen molar-refractivity contribution >= 4 is 21.7 Å². The van der Waals surface area contributed by atoms with E-state index in [2.05, 4.69) is 10.0 Å². The van der Waals surface area contributed by atoms with Gasteiger partial charge in [-0.25, -0.2) is 13.1 Å². The maximum atomic E-state index is 12.0. The van der Waals surface area contributed by atoms with Gasteiger partial charge in [0.05, 0.1) is 5.75 Å². The fraction of sp³-hybridized carbons (Fsp3) is 0.333. The minimum absolute atomic E-state index is 0.0590. The van der Waals surface area contributed by atoms with Gasteiger partial charge < -0.3 is 5.32 Å². The Kier molecular flexibility index (Phi) is 7.90. The molecular weight excluding hydrogens is 376 g/mol. The Bertz CT molecular complexity index is 892. The average Bonchev–Trinajstić information content (AvgIpc) is 2.65. The molecule has 2 aromatic rings. The van der Waals surface area contributed by atoms with Crippen LogP contribution in [0.5, 0.6) is 0 Å². The number of amides is 1. The molecule has 0 aliphatic carbocycles. The minimum atomic E-state index is -3.36. The molecule has 0 radical (unpaired) electrons. The molecule has 2 aromatic carbocycles. The van der Waals surface area contributed by atoms with Crippen molar-refractivity contribution in [1.29, 1.82) is 0 Å². The lowest BCUT2D eigenvalue weighted by Crippen LogP contribution is -2.31. The van der Waals surface area contributed by atoms with Gasteiger partial charge in [0.25, 0.3) is 0 Å². The Hall–Kier alpha value is -2.51. The standard InChI is InChI=1S/C21H26N2O4S/c1-16(2)23-28(26,27)15-18-10-8-17(9-11-18)14-22-21(25)13-12-20(24)19-6-4-3-5-7-19/h3-11,16,23H,12-15H2,1-2H3,(H,22,25). The highest BCUT2D eigenvalue weighted by Gasteiger charge is 2.13. The molecule has 2 N–H and O–H groups in total. The van der Waals surface area contributed by atoms with Crippen LogP contribution >= 0.6 is 0 Å². The quantitative estimate of drug-likeness (QED) is 0.598. The van der Waals surface area contributed by atoms with E-state index in [-0.39, 0.29) is 36.3 Å². The third-order valence-electron chi connectivity index (χ3n) is 3.96. The molecule has 1 amide bonds. The topological polar surface area (TPSA) is 92.3 Å². The van der Waals surface area contributed by atoms with Crippen LogP contribution in [-0.4, -0.2) is 26.2 Å². The molecule has 0 bridgehead atoms. The molecule has 150 valence electrons. The van der Waals surface area contributed by atoms with E-state index in [4.69, 9.17) is 0 Å². The highest BCUT2D eigenvalue weighted by Crippen LogP contribution is 2.09. The zero-order valence-electron chi connectivity index (χ0n) is 16.1. The van der Waals surface area contributed by atoms with Gasteiger partial charge in [0.2, 0.25) is 15.9 Å². The summed E-state index contributed by atoms with van der Waals surface area (Å²) in [6, 6.07) is 15.8. The maximum absolute atomic E-state index is 12.0. The summed E-state index contributed by atoms with van der Waals surface area (Å²) in [5, 5.41) is 2.78. The second-order valence-corrected chi connectivity index (χ2v) is 8.67. The van der Waals surface area contributed by atoms with Crippen LogP contribution in [0.4, 0.5) is 0 Å². The van der Waals surface area contributed by atoms with Crippen LogP contribution in [0.15, 0.2) is 54.6 Å². The van der Waals surface area contributed by atoms with E-state index >= 15 is 0 Å². The van der Waals surface area contributed by atoms with Crippen molar-refractivity contribution < 1.29 is 18.0 Å². The molecule has 0 aliphatic heterocycles. The fourth-order valence-electron chi connectivity index (χ4n) is 2.66. The van der Waals surface area contributed by atoms with Crippen LogP contribution in [0.2, 0.25) is 0 Å². The summed E-state index contributed by atoms with van der Waals surface area (Å²) in [6.07, 6.45) is 0.292. The first-order valence-electron chi connectivity index (χ1n) is 9.18. The molecule has 0 heterocycles. The lowest BCUT2D eigenvalue weighted by molar-refractivity contribution is -0.121. The normalized spacial score (nSPS) is 11.4. The molecule has 0 saturated heterocycles. The first kappa shape index (κ1) is 21.8. The van der Waals surface area contributed by atoms with E-state index in [9.17, 15) is 18.0 Å². The van der Waals surface area contributed by atoms with Gasteiger partial charge in [-0.2, -0.15) is 0 Å². The number of carbonyl (C=O) groups excluding carboxylic acids is 2. The minimum Gasteiger partial charge on any atom is -0.352 e. The SMILES string of the molecule is CC(C)NS(=O)(=O)Cc1ccc(CNC(=O)CCC(=O)c2ccccc2)cc1. The zero-order chi connectivity index (χ0) is 20.6. The molecule has 7 heteroatoms. The number of sulfonamides is 1. The number of ketones is 1. The van der Waals surface area contributed by atoms with Crippen molar-refractivity contribution in [3.05, 3.63) is 71.3 Å². The smallest absolute Gasteiger partial charge is 0.220 e. The van der Waals surface area contributed by atoms with Gasteiger partial charge >= 0.3 is 0 Å². The number of rotatable bonds is 10. The second-order valence-electron chi connectivity index (χ2n) is 6.91. The third kappa shape index (κ3) is 7.62. The zero-order valence-corrected chi connectivity index (χ0v) is 17.0. The lowest BCUT2D eigenvalue weighted by atomic mass is 10.1. The summed E-state index contributed by atoms with van der Waals surface area (Å²) in [6.45, 7) is 3.88. The Morgan fingerprint density at radius 2 is 1.50 bits per heavy atom. The maximum Gasteiger partial charge on any atom is 0.220 e. The second kappa shape index (κ2) is 10.1. The first-order chi connectivity index (χ1) is 13.2. The molecule has 0 saturated carbocycles. The predicted octanol–water partition coefficient (Wildman–Crippen LogP) is 2.79. The van der Waals surface area contributed by atoms with Crippen molar-refractivity contribution in [3.63, 3.8) is 0 Å². The largest absolute Gasteiger partial charge is 0.352 e. The molecular formula is C21H26N2O4S. The highest BCUT2D eigenvalue weighted by atomic mass is 32.2. The first-order valence-corrected chi connectivity index (χ1v) is 10.8.